The fraction of sp³-hybridized carbons (Fsp3) is 0.333. The number of cyclic esters (lactones) is 1. The molecule has 0 spiro atoms. The fourth-order valence-electron chi connectivity index (χ4n) is 2.69. The van der Waals surface area contributed by atoms with Gasteiger partial charge in [-0.1, -0.05) is 43.3 Å². The summed E-state index contributed by atoms with van der Waals surface area (Å²) in [4.78, 5) is 24.5. The highest BCUT2D eigenvalue weighted by molar-refractivity contribution is 6.09. The lowest BCUT2D eigenvalue weighted by atomic mass is 9.85. The molecule has 1 aliphatic heterocycles. The zero-order chi connectivity index (χ0) is 16.1. The number of allylic oxidation sites excluding steroid dienone is 1. The highest BCUT2D eigenvalue weighted by Gasteiger charge is 2.39. The lowest BCUT2D eigenvalue weighted by Crippen LogP contribution is -2.37. The summed E-state index contributed by atoms with van der Waals surface area (Å²) >= 11 is 0. The molecule has 0 bridgehead atoms. The monoisotopic (exact) mass is 300 g/mol. The molecule has 0 radical (unpaired) electrons. The lowest BCUT2D eigenvalue weighted by molar-refractivity contribution is -0.154. The van der Waals surface area contributed by atoms with Gasteiger partial charge in [-0.3, -0.25) is 4.79 Å². The molecule has 2 unspecified atom stereocenters. The predicted molar refractivity (Wildman–Crippen MR) is 83.4 cm³/mol. The van der Waals surface area contributed by atoms with Gasteiger partial charge in [-0.15, -0.1) is 6.58 Å². The molecule has 0 aliphatic carbocycles. The first kappa shape index (κ1) is 16.0. The minimum Gasteiger partial charge on any atom is -0.504 e. The Balaban J connectivity index is 2.36. The molecule has 2 atom stereocenters. The third-order valence-corrected chi connectivity index (χ3v) is 3.84. The molecule has 116 valence electrons. The number of hydrogen-bond acceptors (Lipinski definition) is 4. The van der Waals surface area contributed by atoms with E-state index < -0.39 is 23.6 Å². The Morgan fingerprint density at radius 1 is 1.32 bits per heavy atom. The van der Waals surface area contributed by atoms with E-state index in [1.807, 2.05) is 37.3 Å². The molecule has 0 amide bonds. The molecule has 2 rings (SSSR count). The van der Waals surface area contributed by atoms with Crippen molar-refractivity contribution in [3.63, 3.8) is 0 Å². The van der Waals surface area contributed by atoms with Crippen molar-refractivity contribution < 1.29 is 19.4 Å². The largest absolute Gasteiger partial charge is 0.504 e. The molecule has 0 fully saturated rings. The molecule has 1 heterocycles. The second kappa shape index (κ2) is 7.07. The van der Waals surface area contributed by atoms with Crippen LogP contribution in [0.25, 0.3) is 0 Å². The third kappa shape index (κ3) is 3.11. The Hall–Kier alpha value is -2.36. The van der Waals surface area contributed by atoms with Gasteiger partial charge in [-0.05, 0) is 24.8 Å². The minimum atomic E-state index is -0.914. The van der Waals surface area contributed by atoms with Gasteiger partial charge in [-0.2, -0.15) is 0 Å². The number of ether oxygens (including phenoxy) is 1. The number of aliphatic hydroxyl groups excluding tert-OH is 1. The van der Waals surface area contributed by atoms with Crippen molar-refractivity contribution in [1.82, 2.24) is 0 Å². The van der Waals surface area contributed by atoms with Gasteiger partial charge in [0.1, 0.15) is 0 Å². The molecule has 22 heavy (non-hydrogen) atoms. The number of ketones is 1. The molecule has 0 saturated carbocycles. The highest BCUT2D eigenvalue weighted by atomic mass is 16.6. The smallest absolute Gasteiger partial charge is 0.339 e. The quantitative estimate of drug-likeness (QED) is 0.645. The van der Waals surface area contributed by atoms with E-state index in [9.17, 15) is 14.7 Å². The van der Waals surface area contributed by atoms with Crippen LogP contribution in [-0.2, 0) is 14.3 Å². The fourth-order valence-corrected chi connectivity index (χ4v) is 2.69. The summed E-state index contributed by atoms with van der Waals surface area (Å²) < 4.78 is 5.23. The van der Waals surface area contributed by atoms with Crippen molar-refractivity contribution in [1.29, 1.82) is 0 Å². The summed E-state index contributed by atoms with van der Waals surface area (Å²) in [6, 6.07) is 9.34. The zero-order valence-corrected chi connectivity index (χ0v) is 12.6. The Morgan fingerprint density at radius 3 is 2.59 bits per heavy atom. The number of esters is 1. The van der Waals surface area contributed by atoms with E-state index in [0.717, 1.165) is 5.56 Å². The number of carbonyl (C=O) groups is 2. The second-order valence-electron chi connectivity index (χ2n) is 5.26. The van der Waals surface area contributed by atoms with Crippen LogP contribution >= 0.6 is 0 Å². The third-order valence-electron chi connectivity index (χ3n) is 3.84. The van der Waals surface area contributed by atoms with Gasteiger partial charge >= 0.3 is 5.97 Å². The van der Waals surface area contributed by atoms with Gasteiger partial charge in [0.15, 0.2) is 11.9 Å². The number of rotatable bonds is 6. The number of benzene rings is 1. The first-order chi connectivity index (χ1) is 10.6. The maximum absolute atomic E-state index is 12.3. The Labute approximate surface area is 130 Å². The normalized spacial score (nSPS) is 19.8. The molecule has 4 heteroatoms. The topological polar surface area (TPSA) is 63.6 Å². The summed E-state index contributed by atoms with van der Waals surface area (Å²) in [7, 11) is 0. The number of carbonyl (C=O) groups excluding carboxylic acids is 2. The molecule has 1 aromatic carbocycles. The number of aliphatic hydroxyl groups is 1. The van der Waals surface area contributed by atoms with Gasteiger partial charge in [0.05, 0.1) is 5.57 Å². The summed E-state index contributed by atoms with van der Waals surface area (Å²) in [6.07, 6.45) is 2.21. The van der Waals surface area contributed by atoms with Crippen molar-refractivity contribution in [2.24, 2.45) is 0 Å². The van der Waals surface area contributed by atoms with Crippen molar-refractivity contribution in [2.75, 3.05) is 0 Å². The van der Waals surface area contributed by atoms with E-state index in [4.69, 9.17) is 4.74 Å². The van der Waals surface area contributed by atoms with Crippen molar-refractivity contribution in [2.45, 2.75) is 38.2 Å². The van der Waals surface area contributed by atoms with Crippen LogP contribution in [0.15, 0.2) is 54.3 Å². The average Bonchev–Trinajstić information content (AvgIpc) is 2.54. The van der Waals surface area contributed by atoms with Crippen molar-refractivity contribution >= 4 is 11.8 Å². The molecule has 4 nitrogen and oxygen atoms in total. The van der Waals surface area contributed by atoms with Crippen LogP contribution in [0.5, 0.6) is 0 Å². The molecular formula is C18H20O4. The molecule has 1 N–H and O–H groups in total. The van der Waals surface area contributed by atoms with Crippen LogP contribution in [0.1, 0.15) is 37.7 Å². The highest BCUT2D eigenvalue weighted by Crippen LogP contribution is 2.34. The average molecular weight is 300 g/mol. The molecule has 1 aliphatic rings. The minimum absolute atomic E-state index is 0.0635. The van der Waals surface area contributed by atoms with E-state index in [0.29, 0.717) is 19.3 Å². The number of hydrogen-bond donors (Lipinski definition) is 1. The standard InChI is InChI=1S/C18H20O4/c1-3-5-11-14-16(19)17(20)15(18(21)22-14)13(4-2)12-9-7-6-8-10-12/h3,6-10,13-14,20H,1,4-5,11H2,2H3. The van der Waals surface area contributed by atoms with Crippen molar-refractivity contribution in [3.8, 4) is 0 Å². The Kier molecular flexibility index (Phi) is 5.15. The second-order valence-corrected chi connectivity index (χ2v) is 5.26. The predicted octanol–water partition coefficient (Wildman–Crippen LogP) is 3.45. The van der Waals surface area contributed by atoms with Gasteiger partial charge in [0, 0.05) is 5.92 Å². The maximum Gasteiger partial charge on any atom is 0.339 e. The van der Waals surface area contributed by atoms with Crippen LogP contribution in [0.3, 0.4) is 0 Å². The van der Waals surface area contributed by atoms with Crippen LogP contribution in [0.4, 0.5) is 0 Å². The first-order valence-corrected chi connectivity index (χ1v) is 7.44. The molecular weight excluding hydrogens is 280 g/mol. The van der Waals surface area contributed by atoms with Gasteiger partial charge < -0.3 is 9.84 Å². The Bertz CT molecular complexity index is 601. The SMILES string of the molecule is C=CCCC1OC(=O)C(C(CC)c2ccccc2)=C(O)C1=O. The van der Waals surface area contributed by atoms with E-state index in [1.165, 1.54) is 0 Å². The van der Waals surface area contributed by atoms with Crippen LogP contribution < -0.4 is 0 Å². The van der Waals surface area contributed by atoms with Gasteiger partial charge in [0.2, 0.25) is 5.78 Å². The van der Waals surface area contributed by atoms with Crippen LogP contribution in [0, 0.1) is 0 Å². The lowest BCUT2D eigenvalue weighted by Gasteiger charge is -2.27. The summed E-state index contributed by atoms with van der Waals surface area (Å²) in [6.45, 7) is 5.48. The zero-order valence-electron chi connectivity index (χ0n) is 12.6. The molecule has 0 saturated heterocycles. The van der Waals surface area contributed by atoms with E-state index in [1.54, 1.807) is 6.08 Å². The summed E-state index contributed by atoms with van der Waals surface area (Å²) in [5.74, 6) is -1.94. The van der Waals surface area contributed by atoms with E-state index >= 15 is 0 Å². The van der Waals surface area contributed by atoms with Crippen LogP contribution in [0.2, 0.25) is 0 Å². The van der Waals surface area contributed by atoms with Gasteiger partial charge in [-0.25, -0.2) is 4.79 Å². The van der Waals surface area contributed by atoms with E-state index in [-0.39, 0.29) is 11.5 Å². The summed E-state index contributed by atoms with van der Waals surface area (Å²) in [5.41, 5.74) is 0.939. The maximum atomic E-state index is 12.3. The molecule has 0 aromatic heterocycles. The first-order valence-electron chi connectivity index (χ1n) is 7.44. The number of Topliss-reactive ketones (excluding diaryl/α,β-unsaturated/α-hetero) is 1. The van der Waals surface area contributed by atoms with Gasteiger partial charge in [0.25, 0.3) is 0 Å². The van der Waals surface area contributed by atoms with Crippen LogP contribution in [-0.4, -0.2) is 23.0 Å². The van der Waals surface area contributed by atoms with E-state index in [2.05, 4.69) is 6.58 Å². The summed E-state index contributed by atoms with van der Waals surface area (Å²) in [5, 5.41) is 10.2. The molecule has 1 aromatic rings. The Morgan fingerprint density at radius 2 is 2.00 bits per heavy atom. The van der Waals surface area contributed by atoms with Crippen molar-refractivity contribution in [3.05, 3.63) is 59.9 Å².